The number of nitrogens with zero attached hydrogens (tertiary/aromatic N) is 4. The van der Waals surface area contributed by atoms with Crippen molar-refractivity contribution in [2.24, 2.45) is 0 Å². The van der Waals surface area contributed by atoms with E-state index in [1.165, 1.54) is 5.56 Å². The lowest BCUT2D eigenvalue weighted by atomic mass is 9.83. The molecular weight excluding hydrogens is 448 g/mol. The van der Waals surface area contributed by atoms with Crippen molar-refractivity contribution >= 4 is 16.4 Å². The third kappa shape index (κ3) is 3.15. The van der Waals surface area contributed by atoms with Gasteiger partial charge in [-0.3, -0.25) is 0 Å². The Kier molecular flexibility index (Phi) is 4.54. The van der Waals surface area contributed by atoms with Crippen molar-refractivity contribution in [3.05, 3.63) is 114 Å². The molecule has 36 heavy (non-hydrogen) atoms. The maximum Gasteiger partial charge on any atom is 0.228 e. The molecule has 7 rings (SSSR count). The van der Waals surface area contributed by atoms with Crippen molar-refractivity contribution < 1.29 is 9.47 Å². The van der Waals surface area contributed by atoms with Crippen LogP contribution < -0.4 is 9.47 Å². The van der Waals surface area contributed by atoms with Gasteiger partial charge < -0.3 is 9.47 Å². The molecule has 1 aliphatic rings. The van der Waals surface area contributed by atoms with Crippen LogP contribution in [0.5, 0.6) is 17.4 Å². The van der Waals surface area contributed by atoms with Gasteiger partial charge >= 0.3 is 0 Å². The number of hydrogen-bond acceptors (Lipinski definition) is 5. The molecule has 6 aromatic rings. The number of rotatable bonds is 3. The Morgan fingerprint density at radius 3 is 2.50 bits per heavy atom. The zero-order valence-corrected chi connectivity index (χ0v) is 19.8. The summed E-state index contributed by atoms with van der Waals surface area (Å²) in [4.78, 5) is 9.68. The quantitative estimate of drug-likeness (QED) is 0.293. The third-order valence-electron chi connectivity index (χ3n) is 6.85. The van der Waals surface area contributed by atoms with Gasteiger partial charge in [0.1, 0.15) is 17.8 Å². The van der Waals surface area contributed by atoms with E-state index in [4.69, 9.17) is 24.5 Å². The molecule has 0 saturated carbocycles. The molecule has 174 valence electrons. The largest absolute Gasteiger partial charge is 0.497 e. The lowest BCUT2D eigenvalue weighted by molar-refractivity contribution is 0.414. The van der Waals surface area contributed by atoms with E-state index in [1.54, 1.807) is 18.0 Å². The lowest BCUT2D eigenvalue weighted by Gasteiger charge is -2.28. The summed E-state index contributed by atoms with van der Waals surface area (Å²) < 4.78 is 13.7. The van der Waals surface area contributed by atoms with Crippen molar-refractivity contribution in [2.45, 2.75) is 12.8 Å². The van der Waals surface area contributed by atoms with E-state index in [2.05, 4.69) is 55.5 Å². The maximum absolute atomic E-state index is 6.51. The van der Waals surface area contributed by atoms with E-state index in [0.717, 1.165) is 50.2 Å². The summed E-state index contributed by atoms with van der Waals surface area (Å²) in [5, 5.41) is 6.93. The predicted molar refractivity (Wildman–Crippen MR) is 139 cm³/mol. The molecule has 0 radical (unpaired) electrons. The summed E-state index contributed by atoms with van der Waals surface area (Å²) in [6, 6.07) is 28.9. The highest BCUT2D eigenvalue weighted by atomic mass is 16.5. The number of methoxy groups -OCH3 is 1. The van der Waals surface area contributed by atoms with Gasteiger partial charge in [0.2, 0.25) is 5.88 Å². The molecule has 0 aliphatic carbocycles. The van der Waals surface area contributed by atoms with Gasteiger partial charge in [-0.1, -0.05) is 78.4 Å². The minimum atomic E-state index is -0.134. The first kappa shape index (κ1) is 20.6. The minimum Gasteiger partial charge on any atom is -0.497 e. The van der Waals surface area contributed by atoms with Gasteiger partial charge in [0.25, 0.3) is 0 Å². The topological polar surface area (TPSA) is 61.5 Å². The summed E-state index contributed by atoms with van der Waals surface area (Å²) >= 11 is 0. The molecule has 0 spiro atoms. The van der Waals surface area contributed by atoms with Gasteiger partial charge in [-0.15, -0.1) is 5.10 Å². The van der Waals surface area contributed by atoms with Crippen LogP contribution in [0.3, 0.4) is 0 Å². The van der Waals surface area contributed by atoms with Gasteiger partial charge in [0, 0.05) is 22.4 Å². The van der Waals surface area contributed by atoms with E-state index < -0.39 is 0 Å². The van der Waals surface area contributed by atoms with E-state index in [0.29, 0.717) is 11.7 Å². The molecule has 4 aromatic carbocycles. The SMILES string of the molecule is COc1ccc([C@@H]2c3ccc4ccccc4c3Oc3ncn4nc(-c5ccc(C)cc5)nc4c32)cc1. The van der Waals surface area contributed by atoms with Crippen LogP contribution in [-0.4, -0.2) is 26.7 Å². The smallest absolute Gasteiger partial charge is 0.228 e. The van der Waals surface area contributed by atoms with Crippen LogP contribution >= 0.6 is 0 Å². The molecule has 2 aromatic heterocycles. The Morgan fingerprint density at radius 2 is 1.69 bits per heavy atom. The fraction of sp³-hybridized carbons (Fsp3) is 0.100. The summed E-state index contributed by atoms with van der Waals surface area (Å²) in [7, 11) is 1.68. The highest BCUT2D eigenvalue weighted by molar-refractivity contribution is 5.91. The fourth-order valence-corrected chi connectivity index (χ4v) is 5.01. The first-order valence-corrected chi connectivity index (χ1v) is 11.9. The zero-order valence-electron chi connectivity index (χ0n) is 19.8. The first-order chi connectivity index (χ1) is 17.7. The standard InChI is InChI=1S/C30H22N4O2/c1-18-7-9-21(10-8-18)28-32-29-26-25(20-11-14-22(35-2)15-12-20)24-16-13-19-5-3-4-6-23(19)27(24)36-30(26)31-17-34(29)33-28/h3-17,25H,1-2H3/t25-/m1/s1. The second-order valence-electron chi connectivity index (χ2n) is 9.05. The normalized spacial score (nSPS) is 14.3. The summed E-state index contributed by atoms with van der Waals surface area (Å²) in [6.07, 6.45) is 1.68. The average molecular weight is 471 g/mol. The van der Waals surface area contributed by atoms with Crippen LogP contribution in [0.2, 0.25) is 0 Å². The molecule has 0 unspecified atom stereocenters. The van der Waals surface area contributed by atoms with Crippen LogP contribution in [0.15, 0.2) is 91.3 Å². The summed E-state index contributed by atoms with van der Waals surface area (Å²) in [5.41, 5.74) is 5.96. The number of ether oxygens (including phenoxy) is 2. The number of fused-ring (bicyclic) bond motifs is 6. The van der Waals surface area contributed by atoms with Crippen molar-refractivity contribution in [1.29, 1.82) is 0 Å². The predicted octanol–water partition coefficient (Wildman–Crippen LogP) is 6.55. The Morgan fingerprint density at radius 1 is 0.889 bits per heavy atom. The molecule has 0 N–H and O–H groups in total. The van der Waals surface area contributed by atoms with Gasteiger partial charge in [0.15, 0.2) is 11.5 Å². The highest BCUT2D eigenvalue weighted by Gasteiger charge is 2.34. The molecule has 3 heterocycles. The van der Waals surface area contributed by atoms with Crippen LogP contribution in [0.25, 0.3) is 27.8 Å². The number of aryl methyl sites for hydroxylation is 1. The Labute approximate surface area is 207 Å². The zero-order chi connectivity index (χ0) is 24.2. The van der Waals surface area contributed by atoms with Crippen LogP contribution in [0.4, 0.5) is 0 Å². The van der Waals surface area contributed by atoms with Crippen LogP contribution in [0, 0.1) is 6.92 Å². The molecule has 0 bridgehead atoms. The van der Waals surface area contributed by atoms with Crippen molar-refractivity contribution in [2.75, 3.05) is 7.11 Å². The van der Waals surface area contributed by atoms with Crippen LogP contribution in [0.1, 0.15) is 28.2 Å². The Balaban J connectivity index is 1.49. The van der Waals surface area contributed by atoms with Crippen molar-refractivity contribution in [3.63, 3.8) is 0 Å². The maximum atomic E-state index is 6.51. The van der Waals surface area contributed by atoms with Crippen molar-refractivity contribution in [1.82, 2.24) is 19.6 Å². The number of hydrogen-bond donors (Lipinski definition) is 0. The van der Waals surface area contributed by atoms with Gasteiger partial charge in [-0.2, -0.15) is 0 Å². The number of aromatic nitrogens is 4. The molecule has 1 aliphatic heterocycles. The summed E-state index contributed by atoms with van der Waals surface area (Å²) in [5.74, 6) is 2.71. The molecule has 6 heteroatoms. The average Bonchev–Trinajstić information content (AvgIpc) is 3.37. The summed E-state index contributed by atoms with van der Waals surface area (Å²) in [6.45, 7) is 2.07. The van der Waals surface area contributed by atoms with Crippen LogP contribution in [-0.2, 0) is 0 Å². The van der Waals surface area contributed by atoms with Gasteiger partial charge in [-0.05, 0) is 30.0 Å². The van der Waals surface area contributed by atoms with Gasteiger partial charge in [-0.25, -0.2) is 14.5 Å². The van der Waals surface area contributed by atoms with E-state index in [1.807, 2.05) is 36.4 Å². The fourth-order valence-electron chi connectivity index (χ4n) is 5.01. The first-order valence-electron chi connectivity index (χ1n) is 11.9. The Hall–Kier alpha value is -4.71. The second kappa shape index (κ2) is 7.92. The van der Waals surface area contributed by atoms with Gasteiger partial charge in [0.05, 0.1) is 12.7 Å². The molecular formula is C30H22N4O2. The minimum absolute atomic E-state index is 0.134. The molecule has 1 atom stereocenters. The molecule has 0 amide bonds. The monoisotopic (exact) mass is 470 g/mol. The van der Waals surface area contributed by atoms with E-state index in [-0.39, 0.29) is 5.92 Å². The molecule has 0 fully saturated rings. The molecule has 0 saturated heterocycles. The molecule has 6 nitrogen and oxygen atoms in total. The van der Waals surface area contributed by atoms with E-state index in [9.17, 15) is 0 Å². The Bertz CT molecular complexity index is 1760. The van der Waals surface area contributed by atoms with Crippen molar-refractivity contribution in [3.8, 4) is 28.8 Å². The second-order valence-corrected chi connectivity index (χ2v) is 9.05. The highest BCUT2D eigenvalue weighted by Crippen LogP contribution is 2.50. The number of benzene rings is 4. The lowest BCUT2D eigenvalue weighted by Crippen LogP contribution is -2.15. The third-order valence-corrected chi connectivity index (χ3v) is 6.85. The van der Waals surface area contributed by atoms with E-state index >= 15 is 0 Å².